The molecule has 1 aromatic carbocycles. The smallest absolute Gasteiger partial charge is 0.124 e. The second kappa shape index (κ2) is 6.13. The van der Waals surface area contributed by atoms with Gasteiger partial charge in [0.15, 0.2) is 0 Å². The highest BCUT2D eigenvalue weighted by molar-refractivity contribution is 7.80. The fourth-order valence-electron chi connectivity index (χ4n) is 2.26. The summed E-state index contributed by atoms with van der Waals surface area (Å²) < 4.78 is 10.8. The summed E-state index contributed by atoms with van der Waals surface area (Å²) in [5, 5.41) is 0. The Labute approximate surface area is 113 Å². The molecule has 1 aromatic rings. The monoisotopic (exact) mass is 266 g/mol. The lowest BCUT2D eigenvalue weighted by Gasteiger charge is -2.34. The van der Waals surface area contributed by atoms with Gasteiger partial charge < -0.3 is 15.2 Å². The van der Waals surface area contributed by atoms with Gasteiger partial charge in [-0.2, -0.15) is 0 Å². The van der Waals surface area contributed by atoms with Gasteiger partial charge in [0.05, 0.1) is 31.4 Å². The summed E-state index contributed by atoms with van der Waals surface area (Å²) in [6.07, 6.45) is 0. The van der Waals surface area contributed by atoms with Crippen LogP contribution in [0.1, 0.15) is 11.6 Å². The van der Waals surface area contributed by atoms with Crippen molar-refractivity contribution in [2.45, 2.75) is 6.04 Å². The zero-order valence-electron chi connectivity index (χ0n) is 10.5. The van der Waals surface area contributed by atoms with Gasteiger partial charge in [-0.1, -0.05) is 30.4 Å². The Hall–Kier alpha value is -1.17. The summed E-state index contributed by atoms with van der Waals surface area (Å²) in [5.74, 6) is 0.821. The van der Waals surface area contributed by atoms with Crippen molar-refractivity contribution in [1.82, 2.24) is 4.90 Å². The lowest BCUT2D eigenvalue weighted by Crippen LogP contribution is -2.43. The van der Waals surface area contributed by atoms with E-state index in [9.17, 15) is 0 Å². The first-order valence-corrected chi connectivity index (χ1v) is 6.39. The molecule has 4 nitrogen and oxygen atoms in total. The Bertz CT molecular complexity index is 419. The number of nitrogens with zero attached hydrogens (tertiary/aromatic N) is 1. The van der Waals surface area contributed by atoms with Gasteiger partial charge >= 0.3 is 0 Å². The maximum absolute atomic E-state index is 5.92. The Morgan fingerprint density at radius 3 is 2.67 bits per heavy atom. The molecule has 18 heavy (non-hydrogen) atoms. The van der Waals surface area contributed by atoms with E-state index in [0.717, 1.165) is 24.4 Å². The fraction of sp³-hybridized carbons (Fsp3) is 0.462. The van der Waals surface area contributed by atoms with E-state index in [0.29, 0.717) is 18.2 Å². The van der Waals surface area contributed by atoms with E-state index < -0.39 is 0 Å². The maximum Gasteiger partial charge on any atom is 0.124 e. The first-order chi connectivity index (χ1) is 8.74. The second-order valence-corrected chi connectivity index (χ2v) is 4.67. The molecule has 1 heterocycles. The van der Waals surface area contributed by atoms with Gasteiger partial charge in [-0.15, -0.1) is 0 Å². The molecule has 0 spiro atoms. The molecule has 1 atom stereocenters. The molecule has 1 fully saturated rings. The van der Waals surface area contributed by atoms with Gasteiger partial charge in [0, 0.05) is 18.7 Å². The van der Waals surface area contributed by atoms with E-state index in [1.165, 1.54) is 0 Å². The van der Waals surface area contributed by atoms with Gasteiger partial charge in [-0.3, -0.25) is 4.90 Å². The fourth-order valence-corrected chi connectivity index (χ4v) is 2.53. The third-order valence-corrected chi connectivity index (χ3v) is 3.34. The van der Waals surface area contributed by atoms with Crippen molar-refractivity contribution in [3.8, 4) is 5.75 Å². The minimum atomic E-state index is -0.0833. The summed E-state index contributed by atoms with van der Waals surface area (Å²) in [4.78, 5) is 2.71. The van der Waals surface area contributed by atoms with Gasteiger partial charge in [0.2, 0.25) is 0 Å². The number of hydrogen-bond donors (Lipinski definition) is 1. The van der Waals surface area contributed by atoms with Crippen molar-refractivity contribution in [2.75, 3.05) is 33.4 Å². The van der Waals surface area contributed by atoms with E-state index in [1.807, 2.05) is 24.3 Å². The minimum Gasteiger partial charge on any atom is -0.496 e. The van der Waals surface area contributed by atoms with Crippen LogP contribution >= 0.6 is 12.2 Å². The van der Waals surface area contributed by atoms with E-state index in [2.05, 4.69) is 4.90 Å². The number of thiocarbonyl (C=S) groups is 1. The molecule has 0 radical (unpaired) electrons. The van der Waals surface area contributed by atoms with Crippen LogP contribution in [0.5, 0.6) is 5.75 Å². The lowest BCUT2D eigenvalue weighted by atomic mass is 10.0. The average Bonchev–Trinajstić information content (AvgIpc) is 2.40. The van der Waals surface area contributed by atoms with Crippen molar-refractivity contribution >= 4 is 17.2 Å². The molecule has 0 aromatic heterocycles. The predicted molar refractivity (Wildman–Crippen MR) is 74.9 cm³/mol. The third kappa shape index (κ3) is 2.80. The van der Waals surface area contributed by atoms with Gasteiger partial charge in [-0.05, 0) is 6.07 Å². The van der Waals surface area contributed by atoms with Crippen molar-refractivity contribution < 1.29 is 9.47 Å². The Morgan fingerprint density at radius 2 is 2.06 bits per heavy atom. The molecule has 1 unspecified atom stereocenters. The Balaban J connectivity index is 2.31. The van der Waals surface area contributed by atoms with Gasteiger partial charge in [0.25, 0.3) is 0 Å². The second-order valence-electron chi connectivity index (χ2n) is 4.20. The van der Waals surface area contributed by atoms with Crippen LogP contribution in [0.2, 0.25) is 0 Å². The van der Waals surface area contributed by atoms with Crippen LogP contribution in [0, 0.1) is 0 Å². The summed E-state index contributed by atoms with van der Waals surface area (Å²) in [7, 11) is 1.66. The highest BCUT2D eigenvalue weighted by Crippen LogP contribution is 2.30. The van der Waals surface area contributed by atoms with Crippen LogP contribution in [-0.2, 0) is 4.74 Å². The zero-order chi connectivity index (χ0) is 13.0. The molecule has 2 N–H and O–H groups in total. The van der Waals surface area contributed by atoms with Crippen molar-refractivity contribution in [2.24, 2.45) is 5.73 Å². The SMILES string of the molecule is COc1ccccc1C(C(N)=S)N1CCOCC1. The number of methoxy groups -OCH3 is 1. The van der Waals surface area contributed by atoms with Gasteiger partial charge in [-0.25, -0.2) is 0 Å². The van der Waals surface area contributed by atoms with Crippen molar-refractivity contribution in [3.05, 3.63) is 29.8 Å². The number of nitrogens with two attached hydrogens (primary N) is 1. The largest absolute Gasteiger partial charge is 0.496 e. The number of rotatable bonds is 4. The van der Waals surface area contributed by atoms with Gasteiger partial charge in [0.1, 0.15) is 5.75 Å². The predicted octanol–water partition coefficient (Wildman–Crippen LogP) is 1.35. The molecular weight excluding hydrogens is 248 g/mol. The molecule has 2 rings (SSSR count). The first-order valence-electron chi connectivity index (χ1n) is 5.98. The van der Waals surface area contributed by atoms with E-state index in [4.69, 9.17) is 27.4 Å². The van der Waals surface area contributed by atoms with Crippen LogP contribution in [0.25, 0.3) is 0 Å². The standard InChI is InChI=1S/C13H18N2O2S/c1-16-11-5-3-2-4-10(11)12(13(14)18)15-6-8-17-9-7-15/h2-5,12H,6-9H2,1H3,(H2,14,18). The van der Waals surface area contributed by atoms with Crippen LogP contribution in [0.4, 0.5) is 0 Å². The minimum absolute atomic E-state index is 0.0833. The van der Waals surface area contributed by atoms with Crippen LogP contribution in [-0.4, -0.2) is 43.3 Å². The number of morpholine rings is 1. The summed E-state index contributed by atoms with van der Waals surface area (Å²) in [5.41, 5.74) is 6.94. The van der Waals surface area contributed by atoms with Crippen molar-refractivity contribution in [3.63, 3.8) is 0 Å². The molecule has 0 aliphatic carbocycles. The first kappa shape index (κ1) is 13.3. The Kier molecular flexibility index (Phi) is 4.52. The molecule has 0 amide bonds. The highest BCUT2D eigenvalue weighted by atomic mass is 32.1. The van der Waals surface area contributed by atoms with E-state index in [-0.39, 0.29) is 6.04 Å². The number of ether oxygens (including phenoxy) is 2. The summed E-state index contributed by atoms with van der Waals surface area (Å²) in [6, 6.07) is 7.78. The highest BCUT2D eigenvalue weighted by Gasteiger charge is 2.27. The topological polar surface area (TPSA) is 47.7 Å². The quantitative estimate of drug-likeness (QED) is 0.834. The normalized spacial score (nSPS) is 18.3. The van der Waals surface area contributed by atoms with Crippen LogP contribution in [0.3, 0.4) is 0 Å². The molecule has 1 aliphatic heterocycles. The van der Waals surface area contributed by atoms with E-state index in [1.54, 1.807) is 7.11 Å². The molecule has 0 saturated carbocycles. The molecule has 5 heteroatoms. The summed E-state index contributed by atoms with van der Waals surface area (Å²) >= 11 is 5.23. The molecule has 1 aliphatic rings. The van der Waals surface area contributed by atoms with Crippen LogP contribution < -0.4 is 10.5 Å². The molecule has 1 saturated heterocycles. The third-order valence-electron chi connectivity index (χ3n) is 3.11. The Morgan fingerprint density at radius 1 is 1.39 bits per heavy atom. The average molecular weight is 266 g/mol. The summed E-state index contributed by atoms with van der Waals surface area (Å²) in [6.45, 7) is 3.10. The maximum atomic E-state index is 5.92. The van der Waals surface area contributed by atoms with E-state index >= 15 is 0 Å². The van der Waals surface area contributed by atoms with Crippen molar-refractivity contribution in [1.29, 1.82) is 0 Å². The molecule has 98 valence electrons. The number of para-hydroxylation sites is 1. The molecular formula is C13H18N2O2S. The zero-order valence-corrected chi connectivity index (χ0v) is 11.3. The van der Waals surface area contributed by atoms with Crippen LogP contribution in [0.15, 0.2) is 24.3 Å². The lowest BCUT2D eigenvalue weighted by molar-refractivity contribution is 0.0285. The number of hydrogen-bond acceptors (Lipinski definition) is 4. The number of benzene rings is 1. The molecule has 0 bridgehead atoms.